The van der Waals surface area contributed by atoms with Gasteiger partial charge in [-0.2, -0.15) is 18.3 Å². The van der Waals surface area contributed by atoms with E-state index in [2.05, 4.69) is 15.4 Å². The lowest BCUT2D eigenvalue weighted by Gasteiger charge is -2.20. The van der Waals surface area contributed by atoms with Gasteiger partial charge in [-0.25, -0.2) is 9.50 Å². The van der Waals surface area contributed by atoms with Crippen LogP contribution < -0.4 is 5.32 Å². The summed E-state index contributed by atoms with van der Waals surface area (Å²) in [5.74, 6) is -1.39. The fourth-order valence-electron chi connectivity index (χ4n) is 2.95. The molecule has 1 unspecified atom stereocenters. The Morgan fingerprint density at radius 3 is 2.81 bits per heavy atom. The SMILES string of the molecule is Cc1cc(-c2ccoc2)nc2c(C(=O)NC(C3CC3)C(F)(F)F)cnn12. The number of amides is 1. The van der Waals surface area contributed by atoms with Crippen LogP contribution in [0.25, 0.3) is 16.9 Å². The molecule has 4 rings (SSSR count). The van der Waals surface area contributed by atoms with Crippen molar-refractivity contribution in [1.82, 2.24) is 19.9 Å². The van der Waals surface area contributed by atoms with Gasteiger partial charge in [0.1, 0.15) is 11.6 Å². The lowest BCUT2D eigenvalue weighted by atomic mass is 10.1. The number of furan rings is 1. The maximum absolute atomic E-state index is 13.2. The topological polar surface area (TPSA) is 72.4 Å². The molecule has 0 aliphatic heterocycles. The highest BCUT2D eigenvalue weighted by atomic mass is 19.4. The minimum atomic E-state index is -4.48. The Labute approximate surface area is 146 Å². The number of halogens is 3. The van der Waals surface area contributed by atoms with Crippen molar-refractivity contribution in [3.05, 3.63) is 42.1 Å². The maximum Gasteiger partial charge on any atom is 0.408 e. The van der Waals surface area contributed by atoms with Crippen LogP contribution in [0.5, 0.6) is 0 Å². The van der Waals surface area contributed by atoms with Crippen LogP contribution in [0.1, 0.15) is 28.9 Å². The second kappa shape index (κ2) is 5.86. The Kier molecular flexibility index (Phi) is 3.74. The van der Waals surface area contributed by atoms with Gasteiger partial charge in [-0.15, -0.1) is 0 Å². The summed E-state index contributed by atoms with van der Waals surface area (Å²) in [6.45, 7) is 1.77. The number of aryl methyl sites for hydroxylation is 1. The molecule has 0 spiro atoms. The van der Waals surface area contributed by atoms with Gasteiger partial charge in [0.25, 0.3) is 5.91 Å². The molecule has 1 aliphatic carbocycles. The van der Waals surface area contributed by atoms with E-state index in [1.165, 1.54) is 23.2 Å². The summed E-state index contributed by atoms with van der Waals surface area (Å²) in [4.78, 5) is 16.9. The van der Waals surface area contributed by atoms with Gasteiger partial charge in [0.05, 0.1) is 24.4 Å². The predicted molar refractivity (Wildman–Crippen MR) is 85.5 cm³/mol. The van der Waals surface area contributed by atoms with Gasteiger partial charge < -0.3 is 9.73 Å². The number of nitrogens with one attached hydrogen (secondary N) is 1. The molecule has 3 aromatic heterocycles. The summed E-state index contributed by atoms with van der Waals surface area (Å²) in [6.07, 6.45) is 0.670. The molecule has 136 valence electrons. The average molecular weight is 364 g/mol. The van der Waals surface area contributed by atoms with E-state index in [1.807, 2.05) is 0 Å². The standard InChI is InChI=1S/C17H15F3N4O2/c1-9-6-13(11-4-5-26-8-11)22-15-12(7-21-24(9)15)16(25)23-14(10-2-3-10)17(18,19)20/h4-8,10,14H,2-3H2,1H3,(H,23,25). The lowest BCUT2D eigenvalue weighted by molar-refractivity contribution is -0.158. The van der Waals surface area contributed by atoms with Crippen LogP contribution in [-0.4, -0.2) is 32.7 Å². The number of carbonyl (C=O) groups excluding carboxylic acids is 1. The van der Waals surface area contributed by atoms with Crippen molar-refractivity contribution in [3.63, 3.8) is 0 Å². The fourth-order valence-corrected chi connectivity index (χ4v) is 2.95. The molecule has 1 atom stereocenters. The highest BCUT2D eigenvalue weighted by Gasteiger charge is 2.49. The van der Waals surface area contributed by atoms with E-state index in [1.54, 1.807) is 19.1 Å². The first kappa shape index (κ1) is 16.6. The van der Waals surface area contributed by atoms with E-state index >= 15 is 0 Å². The molecule has 1 amide bonds. The molecule has 1 saturated carbocycles. The van der Waals surface area contributed by atoms with Crippen LogP contribution in [-0.2, 0) is 0 Å². The summed E-state index contributed by atoms with van der Waals surface area (Å²) in [5.41, 5.74) is 2.16. The Bertz CT molecular complexity index is 958. The summed E-state index contributed by atoms with van der Waals surface area (Å²) in [6, 6.07) is 1.62. The zero-order valence-electron chi connectivity index (χ0n) is 13.7. The molecule has 6 nitrogen and oxygen atoms in total. The predicted octanol–water partition coefficient (Wildman–Crippen LogP) is 3.37. The zero-order chi connectivity index (χ0) is 18.5. The molecule has 0 radical (unpaired) electrons. The number of hydrogen-bond acceptors (Lipinski definition) is 4. The van der Waals surface area contributed by atoms with Crippen LogP contribution >= 0.6 is 0 Å². The van der Waals surface area contributed by atoms with Crippen molar-refractivity contribution in [2.75, 3.05) is 0 Å². The number of hydrogen-bond donors (Lipinski definition) is 1. The number of alkyl halides is 3. The maximum atomic E-state index is 13.2. The van der Waals surface area contributed by atoms with Gasteiger partial charge in [0.2, 0.25) is 0 Å². The number of nitrogens with zero attached hydrogens (tertiary/aromatic N) is 3. The average Bonchev–Trinajstić information content (AvgIpc) is 3.09. The summed E-state index contributed by atoms with van der Waals surface area (Å²) in [5, 5.41) is 6.19. The number of fused-ring (bicyclic) bond motifs is 1. The smallest absolute Gasteiger partial charge is 0.408 e. The Morgan fingerprint density at radius 1 is 1.42 bits per heavy atom. The van der Waals surface area contributed by atoms with Crippen LogP contribution in [0.4, 0.5) is 13.2 Å². The van der Waals surface area contributed by atoms with E-state index in [-0.39, 0.29) is 11.2 Å². The zero-order valence-corrected chi connectivity index (χ0v) is 13.7. The molecule has 3 heterocycles. The first-order valence-corrected chi connectivity index (χ1v) is 8.10. The van der Waals surface area contributed by atoms with Crippen molar-refractivity contribution in [3.8, 4) is 11.3 Å². The van der Waals surface area contributed by atoms with Crippen LogP contribution in [0.3, 0.4) is 0 Å². The molecule has 0 aromatic carbocycles. The first-order chi connectivity index (χ1) is 12.3. The Morgan fingerprint density at radius 2 is 2.19 bits per heavy atom. The molecule has 3 aromatic rings. The highest BCUT2D eigenvalue weighted by Crippen LogP contribution is 2.40. The van der Waals surface area contributed by atoms with Gasteiger partial charge in [-0.3, -0.25) is 4.79 Å². The molecule has 0 saturated heterocycles. The van der Waals surface area contributed by atoms with Gasteiger partial charge in [0.15, 0.2) is 5.65 Å². The van der Waals surface area contributed by atoms with Crippen molar-refractivity contribution < 1.29 is 22.4 Å². The molecule has 9 heteroatoms. The van der Waals surface area contributed by atoms with Crippen LogP contribution in [0.15, 0.2) is 35.3 Å². The van der Waals surface area contributed by atoms with Crippen molar-refractivity contribution in [2.45, 2.75) is 32.0 Å². The van der Waals surface area contributed by atoms with Crippen molar-refractivity contribution >= 4 is 11.6 Å². The number of aromatic nitrogens is 3. The fraction of sp³-hybridized carbons (Fsp3) is 0.353. The van der Waals surface area contributed by atoms with E-state index in [4.69, 9.17) is 4.42 Å². The van der Waals surface area contributed by atoms with Crippen LogP contribution in [0, 0.1) is 12.8 Å². The van der Waals surface area contributed by atoms with E-state index in [9.17, 15) is 18.0 Å². The molecule has 1 N–H and O–H groups in total. The quantitative estimate of drug-likeness (QED) is 0.770. The minimum absolute atomic E-state index is 0.00773. The van der Waals surface area contributed by atoms with E-state index in [0.29, 0.717) is 29.8 Å². The van der Waals surface area contributed by atoms with Gasteiger partial charge in [0, 0.05) is 11.3 Å². The second-order valence-corrected chi connectivity index (χ2v) is 6.42. The van der Waals surface area contributed by atoms with Gasteiger partial charge in [-0.05, 0) is 37.8 Å². The molecular weight excluding hydrogens is 349 g/mol. The normalized spacial score (nSPS) is 16.0. The van der Waals surface area contributed by atoms with E-state index < -0.39 is 24.0 Å². The Hall–Kier alpha value is -2.84. The first-order valence-electron chi connectivity index (χ1n) is 8.10. The third kappa shape index (κ3) is 2.93. The summed E-state index contributed by atoms with van der Waals surface area (Å²) < 4.78 is 46.0. The highest BCUT2D eigenvalue weighted by molar-refractivity contribution is 6.00. The largest absolute Gasteiger partial charge is 0.472 e. The molecule has 0 bridgehead atoms. The van der Waals surface area contributed by atoms with Gasteiger partial charge >= 0.3 is 6.18 Å². The number of carbonyl (C=O) groups is 1. The van der Waals surface area contributed by atoms with Crippen molar-refractivity contribution in [1.29, 1.82) is 0 Å². The third-order valence-corrected chi connectivity index (χ3v) is 4.44. The Balaban J connectivity index is 1.71. The van der Waals surface area contributed by atoms with E-state index in [0.717, 1.165) is 0 Å². The lowest BCUT2D eigenvalue weighted by Crippen LogP contribution is -2.46. The van der Waals surface area contributed by atoms with Crippen LogP contribution in [0.2, 0.25) is 0 Å². The summed E-state index contributed by atoms with van der Waals surface area (Å²) in [7, 11) is 0. The van der Waals surface area contributed by atoms with Crippen molar-refractivity contribution in [2.24, 2.45) is 5.92 Å². The second-order valence-electron chi connectivity index (χ2n) is 6.42. The molecule has 1 aliphatic rings. The number of rotatable bonds is 4. The molecular formula is C17H15F3N4O2. The monoisotopic (exact) mass is 364 g/mol. The van der Waals surface area contributed by atoms with Gasteiger partial charge in [-0.1, -0.05) is 0 Å². The minimum Gasteiger partial charge on any atom is -0.472 e. The molecule has 1 fully saturated rings. The summed E-state index contributed by atoms with van der Waals surface area (Å²) >= 11 is 0. The third-order valence-electron chi connectivity index (χ3n) is 4.44. The molecule has 26 heavy (non-hydrogen) atoms.